The lowest BCUT2D eigenvalue weighted by molar-refractivity contribution is 0.317. The van der Waals surface area contributed by atoms with Gasteiger partial charge in [-0.3, -0.25) is 0 Å². The smallest absolute Gasteiger partial charge is 0.235 e. The third kappa shape index (κ3) is 3.10. The van der Waals surface area contributed by atoms with Gasteiger partial charge in [0.2, 0.25) is 4.96 Å². The summed E-state index contributed by atoms with van der Waals surface area (Å²) in [5.41, 5.74) is 1.62. The van der Waals surface area contributed by atoms with E-state index in [1.807, 2.05) is 24.3 Å². The first-order chi connectivity index (χ1) is 12.2. The van der Waals surface area contributed by atoms with Crippen molar-refractivity contribution in [2.45, 2.75) is 13.3 Å². The van der Waals surface area contributed by atoms with Crippen LogP contribution in [0.2, 0.25) is 0 Å². The Morgan fingerprint density at radius 1 is 1.08 bits per heavy atom. The molecule has 0 saturated heterocycles. The van der Waals surface area contributed by atoms with Crippen molar-refractivity contribution in [1.82, 2.24) is 19.8 Å². The van der Waals surface area contributed by atoms with Crippen LogP contribution in [0, 0.1) is 5.82 Å². The molecule has 0 aliphatic heterocycles. The van der Waals surface area contributed by atoms with E-state index in [0.29, 0.717) is 23.0 Å². The minimum atomic E-state index is -0.313. The normalized spacial score (nSPS) is 11.1. The number of hydrogen-bond donors (Lipinski definition) is 0. The number of hydrogen-bond acceptors (Lipinski definition) is 5. The second-order valence-electron chi connectivity index (χ2n) is 5.51. The van der Waals surface area contributed by atoms with Crippen molar-refractivity contribution in [3.05, 3.63) is 54.3 Å². The van der Waals surface area contributed by atoms with Gasteiger partial charge in [0, 0.05) is 11.1 Å². The van der Waals surface area contributed by atoms with Crippen LogP contribution in [0.4, 0.5) is 4.39 Å². The molecule has 0 aliphatic carbocycles. The molecule has 0 atom stereocenters. The zero-order chi connectivity index (χ0) is 17.2. The molecule has 7 heteroatoms. The number of nitrogens with zero attached hydrogens (tertiary/aromatic N) is 4. The first kappa shape index (κ1) is 15.7. The number of fused-ring (bicyclic) bond motifs is 1. The molecule has 2 aromatic heterocycles. The van der Waals surface area contributed by atoms with Crippen molar-refractivity contribution in [2.24, 2.45) is 0 Å². The lowest BCUT2D eigenvalue weighted by atomic mass is 10.2. The van der Waals surface area contributed by atoms with Crippen LogP contribution in [0.5, 0.6) is 5.75 Å². The van der Waals surface area contributed by atoms with Gasteiger partial charge in [-0.15, -0.1) is 10.2 Å². The number of ether oxygens (including phenoxy) is 1. The van der Waals surface area contributed by atoms with Crippen molar-refractivity contribution < 1.29 is 9.13 Å². The summed E-state index contributed by atoms with van der Waals surface area (Å²) in [6.45, 7) is 2.77. The molecule has 0 unspecified atom stereocenters. The third-order valence-corrected chi connectivity index (χ3v) is 4.60. The fourth-order valence-electron chi connectivity index (χ4n) is 2.45. The summed E-state index contributed by atoms with van der Waals surface area (Å²) in [5.74, 6) is 1.06. The summed E-state index contributed by atoms with van der Waals surface area (Å²) in [7, 11) is 0. The largest absolute Gasteiger partial charge is 0.494 e. The molecule has 2 heterocycles. The van der Waals surface area contributed by atoms with Crippen LogP contribution in [0.1, 0.15) is 13.3 Å². The van der Waals surface area contributed by atoms with Crippen LogP contribution < -0.4 is 4.74 Å². The summed E-state index contributed by atoms with van der Waals surface area (Å²) in [6.07, 6.45) is 0.973. The van der Waals surface area contributed by atoms with Gasteiger partial charge in [-0.2, -0.15) is 9.61 Å². The lowest BCUT2D eigenvalue weighted by Crippen LogP contribution is -1.94. The SMILES string of the molecule is CCCOc1ccc(-c2nn3c(-c4cccc(F)c4)nnc3s2)cc1. The van der Waals surface area contributed by atoms with E-state index < -0.39 is 0 Å². The quantitative estimate of drug-likeness (QED) is 0.531. The van der Waals surface area contributed by atoms with Gasteiger partial charge in [-0.1, -0.05) is 30.4 Å². The highest BCUT2D eigenvalue weighted by atomic mass is 32.1. The van der Waals surface area contributed by atoms with Gasteiger partial charge in [0.05, 0.1) is 6.61 Å². The predicted octanol–water partition coefficient (Wildman–Crippen LogP) is 4.45. The van der Waals surface area contributed by atoms with Gasteiger partial charge in [0.25, 0.3) is 0 Å². The van der Waals surface area contributed by atoms with Crippen molar-refractivity contribution in [1.29, 1.82) is 0 Å². The van der Waals surface area contributed by atoms with Crippen molar-refractivity contribution >= 4 is 16.3 Å². The van der Waals surface area contributed by atoms with Crippen molar-refractivity contribution in [3.63, 3.8) is 0 Å². The van der Waals surface area contributed by atoms with Crippen molar-refractivity contribution in [2.75, 3.05) is 6.61 Å². The monoisotopic (exact) mass is 354 g/mol. The van der Waals surface area contributed by atoms with Gasteiger partial charge < -0.3 is 4.74 Å². The zero-order valence-corrected chi connectivity index (χ0v) is 14.3. The lowest BCUT2D eigenvalue weighted by Gasteiger charge is -2.04. The Morgan fingerprint density at radius 2 is 1.92 bits per heavy atom. The second-order valence-corrected chi connectivity index (χ2v) is 6.46. The Hall–Kier alpha value is -2.80. The molecule has 4 rings (SSSR count). The van der Waals surface area contributed by atoms with E-state index in [1.165, 1.54) is 23.5 Å². The number of aromatic nitrogens is 4. The number of benzene rings is 2. The Balaban J connectivity index is 1.68. The highest BCUT2D eigenvalue weighted by Gasteiger charge is 2.14. The van der Waals surface area contributed by atoms with E-state index in [1.54, 1.807) is 16.6 Å². The Morgan fingerprint density at radius 3 is 2.68 bits per heavy atom. The van der Waals surface area contributed by atoms with Gasteiger partial charge in [0.1, 0.15) is 16.6 Å². The molecule has 4 aromatic rings. The molecular formula is C18H15FN4OS. The topological polar surface area (TPSA) is 52.3 Å². The summed E-state index contributed by atoms with van der Waals surface area (Å²) in [5, 5.41) is 13.7. The molecule has 0 saturated carbocycles. The van der Waals surface area contributed by atoms with Crippen LogP contribution in [0.3, 0.4) is 0 Å². The molecule has 25 heavy (non-hydrogen) atoms. The molecule has 0 bridgehead atoms. The van der Waals surface area contributed by atoms with Gasteiger partial charge in [-0.05, 0) is 42.8 Å². The first-order valence-electron chi connectivity index (χ1n) is 7.96. The fourth-order valence-corrected chi connectivity index (χ4v) is 3.30. The standard InChI is InChI=1S/C18H15FN4OS/c1-2-10-24-15-8-6-12(7-9-15)17-22-23-16(20-21-18(23)25-17)13-4-3-5-14(19)11-13/h3-9,11H,2,10H2,1H3. The molecule has 0 spiro atoms. The maximum absolute atomic E-state index is 13.5. The highest BCUT2D eigenvalue weighted by Crippen LogP contribution is 2.29. The van der Waals surface area contributed by atoms with Crippen LogP contribution in [0.15, 0.2) is 48.5 Å². The van der Waals surface area contributed by atoms with Crippen LogP contribution in [-0.4, -0.2) is 26.4 Å². The average molecular weight is 354 g/mol. The van der Waals surface area contributed by atoms with Gasteiger partial charge >= 0.3 is 0 Å². The molecular weight excluding hydrogens is 339 g/mol. The minimum absolute atomic E-state index is 0.313. The number of rotatable bonds is 5. The molecule has 0 N–H and O–H groups in total. The Kier molecular flexibility index (Phi) is 4.15. The van der Waals surface area contributed by atoms with Gasteiger partial charge in [-0.25, -0.2) is 4.39 Å². The van der Waals surface area contributed by atoms with E-state index in [0.717, 1.165) is 22.7 Å². The molecule has 0 aliphatic rings. The summed E-state index contributed by atoms with van der Waals surface area (Å²) < 4.78 is 20.7. The molecule has 0 fully saturated rings. The van der Waals surface area contributed by atoms with Crippen molar-refractivity contribution in [3.8, 4) is 27.7 Å². The maximum atomic E-state index is 13.5. The van der Waals surface area contributed by atoms with E-state index in [-0.39, 0.29) is 5.82 Å². The zero-order valence-electron chi connectivity index (χ0n) is 13.5. The summed E-state index contributed by atoms with van der Waals surface area (Å²) in [4.78, 5) is 0.667. The van der Waals surface area contributed by atoms with E-state index in [4.69, 9.17) is 4.74 Å². The molecule has 2 aromatic carbocycles. The fraction of sp³-hybridized carbons (Fsp3) is 0.167. The average Bonchev–Trinajstić information content (AvgIpc) is 3.21. The Bertz CT molecular complexity index is 1010. The number of halogens is 1. The Labute approximate surface area is 147 Å². The molecule has 0 radical (unpaired) electrons. The van der Waals surface area contributed by atoms with Crippen LogP contribution in [0.25, 0.3) is 26.9 Å². The van der Waals surface area contributed by atoms with E-state index in [2.05, 4.69) is 22.2 Å². The summed E-state index contributed by atoms with van der Waals surface area (Å²) >= 11 is 1.44. The van der Waals surface area contributed by atoms with Crippen LogP contribution >= 0.6 is 11.3 Å². The predicted molar refractivity (Wildman–Crippen MR) is 95.3 cm³/mol. The molecule has 0 amide bonds. The minimum Gasteiger partial charge on any atom is -0.494 e. The highest BCUT2D eigenvalue weighted by molar-refractivity contribution is 7.19. The molecule has 126 valence electrons. The van der Waals surface area contributed by atoms with Gasteiger partial charge in [0.15, 0.2) is 5.82 Å². The second kappa shape index (κ2) is 6.60. The summed E-state index contributed by atoms with van der Waals surface area (Å²) in [6, 6.07) is 14.1. The maximum Gasteiger partial charge on any atom is 0.235 e. The molecule has 5 nitrogen and oxygen atoms in total. The van der Waals surface area contributed by atoms with Crippen LogP contribution in [-0.2, 0) is 0 Å². The first-order valence-corrected chi connectivity index (χ1v) is 8.77. The van der Waals surface area contributed by atoms with E-state index in [9.17, 15) is 4.39 Å². The van der Waals surface area contributed by atoms with E-state index >= 15 is 0 Å². The third-order valence-electron chi connectivity index (χ3n) is 3.65.